The molecule has 1 fully saturated rings. The Morgan fingerprint density at radius 2 is 1.92 bits per heavy atom. The number of nitrogens with one attached hydrogen (secondary N) is 3. The first-order valence-corrected chi connectivity index (χ1v) is 12.8. The lowest BCUT2D eigenvalue weighted by molar-refractivity contribution is -0.138. The zero-order valence-electron chi connectivity index (χ0n) is 21.2. The Hall–Kier alpha value is -4.15. The van der Waals surface area contributed by atoms with E-state index in [1.165, 1.54) is 12.1 Å². The Morgan fingerprint density at radius 1 is 1.10 bits per heavy atom. The lowest BCUT2D eigenvalue weighted by Crippen LogP contribution is -2.28. The van der Waals surface area contributed by atoms with Crippen LogP contribution in [-0.4, -0.2) is 33.9 Å². The zero-order chi connectivity index (χ0) is 27.1. The molecule has 2 aliphatic rings. The molecule has 7 nitrogen and oxygen atoms in total. The second kappa shape index (κ2) is 9.87. The zero-order valence-corrected chi connectivity index (χ0v) is 21.2. The van der Waals surface area contributed by atoms with Gasteiger partial charge >= 0.3 is 6.18 Å². The summed E-state index contributed by atoms with van der Waals surface area (Å²) in [6, 6.07) is 16.5. The van der Waals surface area contributed by atoms with Crippen molar-refractivity contribution in [3.05, 3.63) is 101 Å². The largest absolute Gasteiger partial charge is 0.416 e. The molecule has 0 saturated carbocycles. The van der Waals surface area contributed by atoms with Crippen LogP contribution in [0, 0.1) is 0 Å². The molecule has 2 unspecified atom stereocenters. The van der Waals surface area contributed by atoms with Crippen LogP contribution in [0.2, 0.25) is 0 Å². The van der Waals surface area contributed by atoms with Crippen LogP contribution in [0.3, 0.4) is 0 Å². The Bertz CT molecular complexity index is 1560. The number of pyridine rings is 1. The number of nitrogens with zero attached hydrogens (tertiary/aromatic N) is 3. The maximum atomic E-state index is 13.8. The number of hydrogen-bond donors (Lipinski definition) is 3. The molecule has 1 amide bonds. The third-order valence-electron chi connectivity index (χ3n) is 7.19. The van der Waals surface area contributed by atoms with Crippen LogP contribution in [0.4, 0.5) is 19.0 Å². The van der Waals surface area contributed by atoms with Gasteiger partial charge < -0.3 is 15.6 Å². The van der Waals surface area contributed by atoms with Crippen molar-refractivity contribution in [1.82, 2.24) is 25.1 Å². The number of fused-ring (bicyclic) bond motifs is 1. The molecular weight excluding hydrogens is 505 g/mol. The van der Waals surface area contributed by atoms with E-state index in [-0.39, 0.29) is 17.2 Å². The molecule has 0 bridgehead atoms. The van der Waals surface area contributed by atoms with Gasteiger partial charge in [-0.15, -0.1) is 0 Å². The van der Waals surface area contributed by atoms with E-state index in [1.807, 2.05) is 48.7 Å². The van der Waals surface area contributed by atoms with Crippen molar-refractivity contribution < 1.29 is 18.0 Å². The second-order valence-corrected chi connectivity index (χ2v) is 9.83. The van der Waals surface area contributed by atoms with E-state index in [0.29, 0.717) is 17.2 Å². The van der Waals surface area contributed by atoms with Gasteiger partial charge in [0.05, 0.1) is 11.6 Å². The first-order chi connectivity index (χ1) is 18.8. The number of amides is 1. The van der Waals surface area contributed by atoms with Gasteiger partial charge in [0.15, 0.2) is 0 Å². The Morgan fingerprint density at radius 3 is 2.62 bits per heavy atom. The van der Waals surface area contributed by atoms with Gasteiger partial charge in [0, 0.05) is 36.6 Å². The Labute approximate surface area is 223 Å². The molecule has 2 aliphatic heterocycles. The molecule has 1 saturated heterocycles. The Balaban J connectivity index is 1.39. The van der Waals surface area contributed by atoms with Crippen LogP contribution in [-0.2, 0) is 6.18 Å². The van der Waals surface area contributed by atoms with Gasteiger partial charge in [-0.3, -0.25) is 9.20 Å². The van der Waals surface area contributed by atoms with Crippen molar-refractivity contribution in [1.29, 1.82) is 0 Å². The highest BCUT2D eigenvalue weighted by Crippen LogP contribution is 2.37. The second-order valence-electron chi connectivity index (χ2n) is 9.83. The van der Waals surface area contributed by atoms with Gasteiger partial charge in [-0.25, -0.2) is 10.4 Å². The number of benzene rings is 2. The third-order valence-corrected chi connectivity index (χ3v) is 7.19. The van der Waals surface area contributed by atoms with Crippen LogP contribution in [0.15, 0.2) is 79.1 Å². The van der Waals surface area contributed by atoms with E-state index in [2.05, 4.69) is 16.1 Å². The maximum absolute atomic E-state index is 13.8. The molecule has 39 heavy (non-hydrogen) atoms. The van der Waals surface area contributed by atoms with Crippen molar-refractivity contribution in [2.75, 3.05) is 18.9 Å². The quantitative estimate of drug-likeness (QED) is 0.308. The molecule has 200 valence electrons. The number of halogens is 3. The van der Waals surface area contributed by atoms with Gasteiger partial charge in [0.1, 0.15) is 17.2 Å². The smallest absolute Gasteiger partial charge is 0.318 e. The molecule has 2 atom stereocenters. The number of anilines is 1. The average Bonchev–Trinajstić information content (AvgIpc) is 3.69. The molecule has 4 heterocycles. The molecule has 0 spiro atoms. The molecule has 6 rings (SSSR count). The average molecular weight is 533 g/mol. The van der Waals surface area contributed by atoms with Crippen LogP contribution < -0.4 is 16.1 Å². The molecule has 0 aliphatic carbocycles. The number of rotatable bonds is 5. The fraction of sp³-hybridized carbons (Fsp3) is 0.241. The van der Waals surface area contributed by atoms with Crippen LogP contribution >= 0.6 is 0 Å². The summed E-state index contributed by atoms with van der Waals surface area (Å²) in [6.07, 6.45) is 2.75. The summed E-state index contributed by atoms with van der Waals surface area (Å²) in [5, 5.41) is 8.01. The van der Waals surface area contributed by atoms with Crippen molar-refractivity contribution >= 4 is 17.4 Å². The molecular formula is C29H27F3N6O. The number of alkyl halides is 3. The first-order valence-electron chi connectivity index (χ1n) is 12.8. The van der Waals surface area contributed by atoms with E-state index < -0.39 is 23.7 Å². The first kappa shape index (κ1) is 25.1. The van der Waals surface area contributed by atoms with Gasteiger partial charge in [0.25, 0.3) is 5.91 Å². The van der Waals surface area contributed by atoms with Crippen LogP contribution in [0.1, 0.15) is 52.0 Å². The number of hydrazine groups is 1. The minimum absolute atomic E-state index is 0.0223. The monoisotopic (exact) mass is 532 g/mol. The van der Waals surface area contributed by atoms with Gasteiger partial charge in [0.2, 0.25) is 0 Å². The number of carbonyl (C=O) groups is 1. The highest BCUT2D eigenvalue weighted by Gasteiger charge is 2.36. The summed E-state index contributed by atoms with van der Waals surface area (Å²) in [7, 11) is 1.70. The standard InChI is InChI=1S/C29H27F3N6O/c1-37-14-12-24(36-37)21-16-20(9-10-22(21)29(30,31)32)28(39)35-27-26(18-6-3-2-4-7-18)34-25-17-19(11-15-38(25)27)23-8-5-13-33-23/h2-4,6-7,9-12,14-17,23-24,33,36H,5,8,13H2,1H3,(H,35,39). The lowest BCUT2D eigenvalue weighted by atomic mass is 9.97. The molecule has 2 aromatic carbocycles. The normalized spacial score (nSPS) is 19.2. The van der Waals surface area contributed by atoms with Crippen LogP contribution in [0.25, 0.3) is 16.9 Å². The van der Waals surface area contributed by atoms with Crippen molar-refractivity contribution in [2.45, 2.75) is 31.1 Å². The number of imidazole rings is 1. The summed E-state index contributed by atoms with van der Waals surface area (Å²) in [6.45, 7) is 0.971. The van der Waals surface area contributed by atoms with Gasteiger partial charge in [-0.1, -0.05) is 30.3 Å². The SMILES string of the molecule is CN1C=CC(c2cc(C(=O)Nc3c(-c4ccccc4)nc4cc(C5CCCN5)ccn34)ccc2C(F)(F)F)N1. The van der Waals surface area contributed by atoms with E-state index >= 15 is 0 Å². The molecule has 4 aromatic rings. The van der Waals surface area contributed by atoms with Gasteiger partial charge in [-0.05, 0) is 66.9 Å². The van der Waals surface area contributed by atoms with Gasteiger partial charge in [-0.2, -0.15) is 13.2 Å². The van der Waals surface area contributed by atoms with E-state index in [9.17, 15) is 18.0 Å². The summed E-state index contributed by atoms with van der Waals surface area (Å²) in [4.78, 5) is 18.4. The van der Waals surface area contributed by atoms with Crippen molar-refractivity contribution in [3.8, 4) is 11.3 Å². The fourth-order valence-electron chi connectivity index (χ4n) is 5.26. The maximum Gasteiger partial charge on any atom is 0.416 e. The highest BCUT2D eigenvalue weighted by molar-refractivity contribution is 6.06. The minimum atomic E-state index is -4.56. The van der Waals surface area contributed by atoms with E-state index in [1.54, 1.807) is 28.7 Å². The highest BCUT2D eigenvalue weighted by atomic mass is 19.4. The fourth-order valence-corrected chi connectivity index (χ4v) is 5.26. The van der Waals surface area contributed by atoms with E-state index in [0.717, 1.165) is 36.6 Å². The molecule has 0 radical (unpaired) electrons. The van der Waals surface area contributed by atoms with Crippen molar-refractivity contribution in [2.24, 2.45) is 0 Å². The van der Waals surface area contributed by atoms with Crippen molar-refractivity contribution in [3.63, 3.8) is 0 Å². The van der Waals surface area contributed by atoms with Crippen LogP contribution in [0.5, 0.6) is 0 Å². The third kappa shape index (κ3) is 4.88. The number of carbonyl (C=O) groups excluding carboxylic acids is 1. The molecule has 10 heteroatoms. The lowest BCUT2D eigenvalue weighted by Gasteiger charge is -2.20. The predicted molar refractivity (Wildman–Crippen MR) is 143 cm³/mol. The number of aromatic nitrogens is 2. The summed E-state index contributed by atoms with van der Waals surface area (Å²) >= 11 is 0. The molecule has 3 N–H and O–H groups in total. The number of hydrogen-bond acceptors (Lipinski definition) is 5. The topological polar surface area (TPSA) is 73.7 Å². The minimum Gasteiger partial charge on any atom is -0.318 e. The Kier molecular flexibility index (Phi) is 6.36. The van der Waals surface area contributed by atoms with E-state index in [4.69, 9.17) is 4.98 Å². The summed E-state index contributed by atoms with van der Waals surface area (Å²) in [5.74, 6) is -0.0759. The summed E-state index contributed by atoms with van der Waals surface area (Å²) in [5.41, 5.74) is 5.44. The summed E-state index contributed by atoms with van der Waals surface area (Å²) < 4.78 is 43.2. The molecule has 2 aromatic heterocycles. The predicted octanol–water partition coefficient (Wildman–Crippen LogP) is 5.70.